The van der Waals surface area contributed by atoms with Crippen molar-refractivity contribution in [2.75, 3.05) is 31.8 Å². The van der Waals surface area contributed by atoms with E-state index < -0.39 is 0 Å². The van der Waals surface area contributed by atoms with Crippen molar-refractivity contribution >= 4 is 34.9 Å². The molecule has 0 unspecified atom stereocenters. The molecule has 0 fully saturated rings. The molecule has 0 aromatic heterocycles. The molecule has 2 aromatic rings. The third-order valence-corrected chi connectivity index (χ3v) is 5.45. The van der Waals surface area contributed by atoms with Crippen LogP contribution in [0.15, 0.2) is 59.5 Å². The number of benzene rings is 2. The van der Waals surface area contributed by atoms with E-state index in [-0.39, 0.29) is 0 Å². The lowest BCUT2D eigenvalue weighted by Crippen LogP contribution is -2.22. The summed E-state index contributed by atoms with van der Waals surface area (Å²) in [5.74, 6) is 0. The Hall–Kier alpha value is -2.00. The molecule has 2 nitrogen and oxygen atoms in total. The van der Waals surface area contributed by atoms with Crippen LogP contribution in [0.5, 0.6) is 0 Å². The molecule has 0 bridgehead atoms. The molecule has 1 aliphatic rings. The average molecular weight is 352 g/mol. The number of rotatable bonds is 5. The largest absolute Gasteiger partial charge is 0.378 e. The maximum absolute atomic E-state index is 2.50. The minimum Gasteiger partial charge on any atom is -0.378 e. The minimum atomic E-state index is 1.11. The first-order valence-corrected chi connectivity index (χ1v) is 10.1. The van der Waals surface area contributed by atoms with Gasteiger partial charge in [0.2, 0.25) is 5.69 Å². The predicted octanol–water partition coefficient (Wildman–Crippen LogP) is 5.46. The molecule has 0 saturated carbocycles. The van der Waals surface area contributed by atoms with E-state index >= 15 is 0 Å². The lowest BCUT2D eigenvalue weighted by molar-refractivity contribution is -0.448. The fourth-order valence-corrected chi connectivity index (χ4v) is 3.83. The molecular weight excluding hydrogens is 324 g/mol. The monoisotopic (exact) mass is 351 g/mol. The third kappa shape index (κ3) is 4.35. The molecule has 1 heterocycles. The number of thioether (sulfide) groups is 1. The van der Waals surface area contributed by atoms with E-state index in [1.54, 1.807) is 0 Å². The molecule has 2 aromatic carbocycles. The van der Waals surface area contributed by atoms with E-state index in [4.69, 9.17) is 0 Å². The van der Waals surface area contributed by atoms with Gasteiger partial charge in [-0.05, 0) is 42.5 Å². The van der Waals surface area contributed by atoms with Gasteiger partial charge in [0.25, 0.3) is 0 Å². The van der Waals surface area contributed by atoms with Crippen LogP contribution in [0.2, 0.25) is 0 Å². The fraction of sp³-hybridized carbons (Fsp3) is 0.318. The van der Waals surface area contributed by atoms with Gasteiger partial charge in [0.15, 0.2) is 5.71 Å². The van der Waals surface area contributed by atoms with Crippen molar-refractivity contribution in [3.63, 3.8) is 0 Å². The number of allylic oxidation sites excluding steroid dienone is 1. The van der Waals surface area contributed by atoms with Gasteiger partial charge in [-0.15, -0.1) is 11.8 Å². The van der Waals surface area contributed by atoms with Crippen molar-refractivity contribution in [2.45, 2.75) is 24.2 Å². The molecule has 130 valence electrons. The summed E-state index contributed by atoms with van der Waals surface area (Å²) in [7, 11) is 4.15. The highest BCUT2D eigenvalue weighted by molar-refractivity contribution is 7.98. The van der Waals surface area contributed by atoms with Crippen molar-refractivity contribution in [1.29, 1.82) is 0 Å². The fourth-order valence-electron chi connectivity index (χ4n) is 3.23. The normalized spacial score (nSPS) is 15.0. The number of para-hydroxylation sites is 1. The molecule has 0 aliphatic carbocycles. The molecule has 0 N–H and O–H groups in total. The number of hydrogen-bond donors (Lipinski definition) is 0. The first-order valence-electron chi connectivity index (χ1n) is 8.91. The molecule has 3 heteroatoms. The quantitative estimate of drug-likeness (QED) is 0.521. The smallest absolute Gasteiger partial charge is 0.219 e. The average Bonchev–Trinajstić information content (AvgIpc) is 2.67. The SMILES string of the molecule is CSc1ccccc1[N+]1=C(/C=C/c2ccc(N(C)C)cc2)CCCC1. The maximum atomic E-state index is 2.50. The second-order valence-corrected chi connectivity index (χ2v) is 7.44. The van der Waals surface area contributed by atoms with E-state index in [0.29, 0.717) is 0 Å². The third-order valence-electron chi connectivity index (χ3n) is 4.66. The topological polar surface area (TPSA) is 6.25 Å². The van der Waals surface area contributed by atoms with Gasteiger partial charge in [-0.1, -0.05) is 24.3 Å². The van der Waals surface area contributed by atoms with Crippen molar-refractivity contribution in [3.05, 3.63) is 60.2 Å². The van der Waals surface area contributed by atoms with Crippen LogP contribution in [0.3, 0.4) is 0 Å². The Labute approximate surface area is 155 Å². The van der Waals surface area contributed by atoms with Gasteiger partial charge in [0.05, 0.1) is 4.90 Å². The van der Waals surface area contributed by atoms with Crippen LogP contribution in [-0.4, -0.2) is 37.2 Å². The molecule has 0 spiro atoms. The molecule has 0 amide bonds. The van der Waals surface area contributed by atoms with E-state index in [0.717, 1.165) is 13.0 Å². The van der Waals surface area contributed by atoms with Gasteiger partial charge in [0, 0.05) is 44.8 Å². The second-order valence-electron chi connectivity index (χ2n) is 6.59. The van der Waals surface area contributed by atoms with Crippen molar-refractivity contribution < 1.29 is 4.58 Å². The molecular formula is C22H27N2S+. The first kappa shape index (κ1) is 17.8. The maximum Gasteiger partial charge on any atom is 0.219 e. The summed E-state index contributed by atoms with van der Waals surface area (Å²) in [6, 6.07) is 17.5. The van der Waals surface area contributed by atoms with Gasteiger partial charge in [0.1, 0.15) is 6.54 Å². The Morgan fingerprint density at radius 2 is 1.72 bits per heavy atom. The second kappa shape index (κ2) is 8.39. The van der Waals surface area contributed by atoms with Crippen molar-refractivity contribution in [1.82, 2.24) is 0 Å². The Kier molecular flexibility index (Phi) is 5.98. The van der Waals surface area contributed by atoms with Crippen LogP contribution < -0.4 is 4.90 Å². The molecule has 1 aliphatic heterocycles. The predicted molar refractivity (Wildman–Crippen MR) is 112 cm³/mol. The Bertz CT molecular complexity index is 773. The molecule has 0 saturated heterocycles. The van der Waals surface area contributed by atoms with E-state index in [1.165, 1.54) is 40.4 Å². The molecule has 3 rings (SSSR count). The zero-order valence-corrected chi connectivity index (χ0v) is 16.2. The number of hydrogen-bond acceptors (Lipinski definition) is 2. The zero-order chi connectivity index (χ0) is 17.6. The Balaban J connectivity index is 1.90. The highest BCUT2D eigenvalue weighted by Crippen LogP contribution is 2.29. The van der Waals surface area contributed by atoms with Crippen LogP contribution in [0.25, 0.3) is 6.08 Å². The summed E-state index contributed by atoms with van der Waals surface area (Å²) in [4.78, 5) is 3.48. The summed E-state index contributed by atoms with van der Waals surface area (Å²) in [5, 5.41) is 0. The minimum absolute atomic E-state index is 1.11. The van der Waals surface area contributed by atoms with Crippen molar-refractivity contribution in [3.8, 4) is 0 Å². The van der Waals surface area contributed by atoms with Gasteiger partial charge >= 0.3 is 0 Å². The first-order chi connectivity index (χ1) is 12.2. The van der Waals surface area contributed by atoms with Gasteiger partial charge < -0.3 is 4.90 Å². The van der Waals surface area contributed by atoms with Crippen LogP contribution >= 0.6 is 11.8 Å². The molecule has 0 radical (unpaired) electrons. The van der Waals surface area contributed by atoms with Gasteiger partial charge in [-0.3, -0.25) is 0 Å². The molecule has 25 heavy (non-hydrogen) atoms. The lowest BCUT2D eigenvalue weighted by Gasteiger charge is -2.14. The molecule has 0 atom stereocenters. The summed E-state index contributed by atoms with van der Waals surface area (Å²) in [6.45, 7) is 1.11. The summed E-state index contributed by atoms with van der Waals surface area (Å²) in [6.07, 6.45) is 10.4. The van der Waals surface area contributed by atoms with E-state index in [2.05, 4.69) is 90.5 Å². The lowest BCUT2D eigenvalue weighted by atomic mass is 10.1. The van der Waals surface area contributed by atoms with Crippen LogP contribution in [0, 0.1) is 0 Å². The van der Waals surface area contributed by atoms with Crippen LogP contribution in [0.1, 0.15) is 24.8 Å². The van der Waals surface area contributed by atoms with Crippen molar-refractivity contribution in [2.24, 2.45) is 0 Å². The zero-order valence-electron chi connectivity index (χ0n) is 15.4. The van der Waals surface area contributed by atoms with Gasteiger partial charge in [-0.2, -0.15) is 4.58 Å². The van der Waals surface area contributed by atoms with Crippen LogP contribution in [0.4, 0.5) is 11.4 Å². The number of anilines is 1. The standard InChI is InChI=1S/C22H27N2S/c1-23(2)19-14-11-18(12-15-19)13-16-20-8-6-7-17-24(20)21-9-4-5-10-22(21)25-3/h4-5,9-16H,6-8,17H2,1-3H3/q+1. The Morgan fingerprint density at radius 3 is 2.44 bits per heavy atom. The summed E-state index contributed by atoms with van der Waals surface area (Å²) < 4.78 is 2.50. The number of nitrogens with zero attached hydrogens (tertiary/aromatic N) is 2. The highest BCUT2D eigenvalue weighted by Gasteiger charge is 2.22. The van der Waals surface area contributed by atoms with E-state index in [9.17, 15) is 0 Å². The Morgan fingerprint density at radius 1 is 0.960 bits per heavy atom. The summed E-state index contributed by atoms with van der Waals surface area (Å²) >= 11 is 1.83. The van der Waals surface area contributed by atoms with Crippen LogP contribution in [-0.2, 0) is 0 Å². The van der Waals surface area contributed by atoms with E-state index in [1.807, 2.05) is 11.8 Å². The highest BCUT2D eigenvalue weighted by atomic mass is 32.2. The van der Waals surface area contributed by atoms with Gasteiger partial charge in [-0.25, -0.2) is 0 Å². The summed E-state index contributed by atoms with van der Waals surface area (Å²) in [5.41, 5.74) is 5.25.